The summed E-state index contributed by atoms with van der Waals surface area (Å²) in [6.07, 6.45) is 1.02. The Bertz CT molecular complexity index is 386. The van der Waals surface area contributed by atoms with Crippen LogP contribution in [0.4, 0.5) is 10.5 Å². The first-order chi connectivity index (χ1) is 8.15. The molecule has 0 aromatic heterocycles. The Hall–Kier alpha value is -1.26. The smallest absolute Gasteiger partial charge is 0.321 e. The molecule has 5 heteroatoms. The number of anilines is 1. The number of urea groups is 1. The molecule has 92 valence electrons. The molecule has 2 amide bonds. The Balaban J connectivity index is 1.90. The molecule has 1 heterocycles. The zero-order valence-corrected chi connectivity index (χ0v) is 10.2. The van der Waals surface area contributed by atoms with Crippen molar-refractivity contribution in [2.24, 2.45) is 0 Å². The predicted octanol–water partition coefficient (Wildman–Crippen LogP) is 2.33. The van der Waals surface area contributed by atoms with Crippen molar-refractivity contribution in [2.75, 3.05) is 18.4 Å². The maximum atomic E-state index is 11.9. The predicted molar refractivity (Wildman–Crippen MR) is 67.3 cm³/mol. The summed E-state index contributed by atoms with van der Waals surface area (Å²) in [6, 6.07) is 6.87. The normalized spacial score (nSPS) is 16.9. The van der Waals surface area contributed by atoms with Gasteiger partial charge in [0.25, 0.3) is 0 Å². The van der Waals surface area contributed by atoms with Gasteiger partial charge in [-0.05, 0) is 37.1 Å². The van der Waals surface area contributed by atoms with E-state index in [1.165, 1.54) is 0 Å². The summed E-state index contributed by atoms with van der Waals surface area (Å²) in [4.78, 5) is 13.6. The number of rotatable bonds is 1. The van der Waals surface area contributed by atoms with Crippen LogP contribution in [0.2, 0.25) is 5.02 Å². The van der Waals surface area contributed by atoms with Crippen molar-refractivity contribution in [1.29, 1.82) is 0 Å². The number of hydrogen-bond donors (Lipinski definition) is 2. The highest BCUT2D eigenvalue weighted by Gasteiger charge is 2.20. The number of carbonyl (C=O) groups is 1. The van der Waals surface area contributed by atoms with Crippen LogP contribution in [-0.4, -0.2) is 35.2 Å². The zero-order chi connectivity index (χ0) is 12.3. The number of carbonyl (C=O) groups excluding carboxylic acids is 1. The van der Waals surface area contributed by atoms with E-state index in [2.05, 4.69) is 5.32 Å². The lowest BCUT2D eigenvalue weighted by molar-refractivity contribution is 0.0972. The molecule has 1 aromatic rings. The number of halogens is 1. The fourth-order valence-corrected chi connectivity index (χ4v) is 1.93. The molecule has 0 atom stereocenters. The summed E-state index contributed by atoms with van der Waals surface area (Å²) in [5.74, 6) is 0. The molecule has 0 unspecified atom stereocenters. The molecule has 0 bridgehead atoms. The summed E-state index contributed by atoms with van der Waals surface area (Å²) in [5, 5.41) is 12.8. The van der Waals surface area contributed by atoms with Crippen LogP contribution >= 0.6 is 11.6 Å². The monoisotopic (exact) mass is 254 g/mol. The average Bonchev–Trinajstić information content (AvgIpc) is 2.33. The number of nitrogens with one attached hydrogen (secondary N) is 1. The van der Waals surface area contributed by atoms with E-state index in [4.69, 9.17) is 11.6 Å². The van der Waals surface area contributed by atoms with Gasteiger partial charge in [0.1, 0.15) is 0 Å². The maximum absolute atomic E-state index is 11.9. The van der Waals surface area contributed by atoms with Crippen molar-refractivity contribution < 1.29 is 9.90 Å². The highest BCUT2D eigenvalue weighted by molar-refractivity contribution is 6.30. The van der Waals surface area contributed by atoms with Crippen LogP contribution in [-0.2, 0) is 0 Å². The second-order valence-electron chi connectivity index (χ2n) is 4.16. The van der Waals surface area contributed by atoms with Crippen LogP contribution in [0, 0.1) is 0 Å². The average molecular weight is 255 g/mol. The van der Waals surface area contributed by atoms with Crippen LogP contribution in [0.1, 0.15) is 12.8 Å². The van der Waals surface area contributed by atoms with Crippen LogP contribution < -0.4 is 5.32 Å². The minimum absolute atomic E-state index is 0.126. The van der Waals surface area contributed by atoms with E-state index in [1.807, 2.05) is 0 Å². The van der Waals surface area contributed by atoms with Crippen LogP contribution in [0.5, 0.6) is 0 Å². The number of benzene rings is 1. The summed E-state index contributed by atoms with van der Waals surface area (Å²) in [7, 11) is 0. The molecule has 0 aliphatic carbocycles. The largest absolute Gasteiger partial charge is 0.393 e. The number of nitrogens with zero attached hydrogens (tertiary/aromatic N) is 1. The van der Waals surface area contributed by atoms with E-state index in [9.17, 15) is 9.90 Å². The second-order valence-corrected chi connectivity index (χ2v) is 4.59. The van der Waals surface area contributed by atoms with Crippen LogP contribution in [0.3, 0.4) is 0 Å². The fraction of sp³-hybridized carbons (Fsp3) is 0.417. The molecule has 1 saturated heterocycles. The third-order valence-corrected chi connectivity index (χ3v) is 3.10. The summed E-state index contributed by atoms with van der Waals surface area (Å²) in [5.41, 5.74) is 0.727. The Labute approximate surface area is 105 Å². The van der Waals surface area contributed by atoms with Crippen molar-refractivity contribution in [3.05, 3.63) is 29.3 Å². The first kappa shape index (κ1) is 12.2. The van der Waals surface area contributed by atoms with Crippen molar-refractivity contribution >= 4 is 23.3 Å². The Morgan fingerprint density at radius 2 is 1.88 bits per heavy atom. The summed E-state index contributed by atoms with van der Waals surface area (Å²) >= 11 is 5.76. The Morgan fingerprint density at radius 3 is 2.47 bits per heavy atom. The summed E-state index contributed by atoms with van der Waals surface area (Å²) < 4.78 is 0. The zero-order valence-electron chi connectivity index (χ0n) is 9.40. The number of likely N-dealkylation sites (tertiary alicyclic amines) is 1. The molecule has 17 heavy (non-hydrogen) atoms. The Kier molecular flexibility index (Phi) is 3.86. The molecule has 1 aliphatic rings. The van der Waals surface area contributed by atoms with E-state index in [0.29, 0.717) is 31.0 Å². The topological polar surface area (TPSA) is 52.6 Å². The van der Waals surface area contributed by atoms with E-state index in [1.54, 1.807) is 29.2 Å². The first-order valence-corrected chi connectivity index (χ1v) is 6.02. The van der Waals surface area contributed by atoms with Gasteiger partial charge in [-0.25, -0.2) is 4.79 Å². The lowest BCUT2D eigenvalue weighted by Crippen LogP contribution is -2.42. The van der Waals surface area contributed by atoms with E-state index >= 15 is 0 Å². The van der Waals surface area contributed by atoms with E-state index in [0.717, 1.165) is 5.69 Å². The quantitative estimate of drug-likeness (QED) is 0.808. The van der Waals surface area contributed by atoms with Gasteiger partial charge in [-0.2, -0.15) is 0 Å². The van der Waals surface area contributed by atoms with Gasteiger partial charge >= 0.3 is 6.03 Å². The van der Waals surface area contributed by atoms with Crippen molar-refractivity contribution in [3.63, 3.8) is 0 Å². The third kappa shape index (κ3) is 3.35. The Morgan fingerprint density at radius 1 is 1.29 bits per heavy atom. The standard InChI is InChI=1S/C12H15ClN2O2/c13-9-1-3-10(4-2-9)14-12(17)15-7-5-11(16)6-8-15/h1-4,11,16H,5-8H2,(H,14,17). The second kappa shape index (κ2) is 5.38. The highest BCUT2D eigenvalue weighted by Crippen LogP contribution is 2.15. The van der Waals surface area contributed by atoms with Gasteiger partial charge in [-0.3, -0.25) is 0 Å². The van der Waals surface area contributed by atoms with Crippen molar-refractivity contribution in [3.8, 4) is 0 Å². The molecular formula is C12H15ClN2O2. The molecular weight excluding hydrogens is 240 g/mol. The molecule has 2 rings (SSSR count). The minimum Gasteiger partial charge on any atom is -0.393 e. The van der Waals surface area contributed by atoms with Crippen LogP contribution in [0.15, 0.2) is 24.3 Å². The molecule has 2 N–H and O–H groups in total. The van der Waals surface area contributed by atoms with Gasteiger partial charge in [0.2, 0.25) is 0 Å². The molecule has 0 spiro atoms. The molecule has 0 radical (unpaired) electrons. The van der Waals surface area contributed by atoms with Crippen molar-refractivity contribution in [1.82, 2.24) is 4.90 Å². The lowest BCUT2D eigenvalue weighted by atomic mass is 10.1. The lowest BCUT2D eigenvalue weighted by Gasteiger charge is -2.29. The van der Waals surface area contributed by atoms with Gasteiger partial charge in [0, 0.05) is 23.8 Å². The van der Waals surface area contributed by atoms with Crippen LogP contribution in [0.25, 0.3) is 0 Å². The molecule has 1 aliphatic heterocycles. The minimum atomic E-state index is -0.269. The summed E-state index contributed by atoms with van der Waals surface area (Å²) in [6.45, 7) is 1.20. The van der Waals surface area contributed by atoms with E-state index in [-0.39, 0.29) is 12.1 Å². The third-order valence-electron chi connectivity index (χ3n) is 2.85. The molecule has 1 fully saturated rings. The number of piperidine rings is 1. The van der Waals surface area contributed by atoms with Crippen molar-refractivity contribution in [2.45, 2.75) is 18.9 Å². The number of aliphatic hydroxyl groups is 1. The molecule has 4 nitrogen and oxygen atoms in total. The van der Waals surface area contributed by atoms with Gasteiger partial charge in [-0.1, -0.05) is 11.6 Å². The van der Waals surface area contributed by atoms with Gasteiger partial charge in [0.05, 0.1) is 6.10 Å². The highest BCUT2D eigenvalue weighted by atomic mass is 35.5. The van der Waals surface area contributed by atoms with Gasteiger partial charge in [0.15, 0.2) is 0 Å². The number of aliphatic hydroxyl groups excluding tert-OH is 1. The SMILES string of the molecule is O=C(Nc1ccc(Cl)cc1)N1CCC(O)CC1. The van der Waals surface area contributed by atoms with Gasteiger partial charge in [-0.15, -0.1) is 0 Å². The molecule has 0 saturated carbocycles. The number of amides is 2. The maximum Gasteiger partial charge on any atom is 0.321 e. The first-order valence-electron chi connectivity index (χ1n) is 5.65. The van der Waals surface area contributed by atoms with Gasteiger partial charge < -0.3 is 15.3 Å². The van der Waals surface area contributed by atoms with E-state index < -0.39 is 0 Å². The number of hydrogen-bond acceptors (Lipinski definition) is 2. The molecule has 1 aromatic carbocycles. The fourth-order valence-electron chi connectivity index (χ4n) is 1.80.